The first-order valence-corrected chi connectivity index (χ1v) is 4.21. The molecule has 0 amide bonds. The van der Waals surface area contributed by atoms with Gasteiger partial charge in [-0.15, -0.1) is 0 Å². The molecule has 0 aliphatic rings. The number of aromatic nitrogens is 3. The Bertz CT molecular complexity index is 400. The highest BCUT2D eigenvalue weighted by molar-refractivity contribution is 5.57. The molecule has 3 heteroatoms. The van der Waals surface area contributed by atoms with Crippen LogP contribution in [0.5, 0.6) is 0 Å². The summed E-state index contributed by atoms with van der Waals surface area (Å²) in [6.07, 6.45) is 1.85. The summed E-state index contributed by atoms with van der Waals surface area (Å²) >= 11 is 0. The first-order valence-electron chi connectivity index (χ1n) is 4.21. The fraction of sp³-hybridized carbons (Fsp3) is 0.200. The maximum atomic E-state index is 4.22. The SMILES string of the molecule is Cc1ccc(-c2cc(C)n[nH]2)cn1. The van der Waals surface area contributed by atoms with Gasteiger partial charge in [0.15, 0.2) is 0 Å². The summed E-state index contributed by atoms with van der Waals surface area (Å²) < 4.78 is 0. The summed E-state index contributed by atoms with van der Waals surface area (Å²) in [5, 5.41) is 7.01. The summed E-state index contributed by atoms with van der Waals surface area (Å²) in [5.74, 6) is 0. The molecule has 0 fully saturated rings. The molecule has 2 heterocycles. The van der Waals surface area contributed by atoms with Crippen LogP contribution in [0.4, 0.5) is 0 Å². The van der Waals surface area contributed by atoms with Gasteiger partial charge < -0.3 is 0 Å². The summed E-state index contributed by atoms with van der Waals surface area (Å²) in [4.78, 5) is 4.22. The number of aryl methyl sites for hydroxylation is 2. The van der Waals surface area contributed by atoms with Gasteiger partial charge in [0, 0.05) is 17.5 Å². The highest BCUT2D eigenvalue weighted by Crippen LogP contribution is 2.15. The van der Waals surface area contributed by atoms with Crippen molar-refractivity contribution >= 4 is 0 Å². The van der Waals surface area contributed by atoms with Crippen LogP contribution in [0.25, 0.3) is 11.3 Å². The third-order valence-corrected chi connectivity index (χ3v) is 1.93. The number of aromatic amines is 1. The molecule has 2 rings (SSSR count). The van der Waals surface area contributed by atoms with E-state index in [1.807, 2.05) is 38.2 Å². The molecule has 0 atom stereocenters. The van der Waals surface area contributed by atoms with Gasteiger partial charge in [-0.3, -0.25) is 10.1 Å². The van der Waals surface area contributed by atoms with Crippen molar-refractivity contribution in [2.45, 2.75) is 13.8 Å². The third kappa shape index (κ3) is 1.59. The fourth-order valence-corrected chi connectivity index (χ4v) is 1.20. The van der Waals surface area contributed by atoms with Gasteiger partial charge in [-0.25, -0.2) is 0 Å². The van der Waals surface area contributed by atoms with E-state index in [1.54, 1.807) is 0 Å². The van der Waals surface area contributed by atoms with Crippen molar-refractivity contribution in [3.63, 3.8) is 0 Å². The van der Waals surface area contributed by atoms with E-state index in [4.69, 9.17) is 0 Å². The molecule has 0 radical (unpaired) electrons. The van der Waals surface area contributed by atoms with Gasteiger partial charge in [0.2, 0.25) is 0 Å². The van der Waals surface area contributed by atoms with Gasteiger partial charge in [0.05, 0.1) is 11.4 Å². The smallest absolute Gasteiger partial charge is 0.0668 e. The predicted octanol–water partition coefficient (Wildman–Crippen LogP) is 2.09. The van der Waals surface area contributed by atoms with Gasteiger partial charge >= 0.3 is 0 Å². The van der Waals surface area contributed by atoms with Crippen LogP contribution in [0.1, 0.15) is 11.4 Å². The minimum atomic E-state index is 0.996. The second kappa shape index (κ2) is 3.01. The van der Waals surface area contributed by atoms with Crippen molar-refractivity contribution in [1.82, 2.24) is 15.2 Å². The Balaban J connectivity index is 2.41. The monoisotopic (exact) mass is 173 g/mol. The normalized spacial score (nSPS) is 10.3. The number of nitrogens with one attached hydrogen (secondary N) is 1. The predicted molar refractivity (Wildman–Crippen MR) is 51.3 cm³/mol. The van der Waals surface area contributed by atoms with Crippen molar-refractivity contribution in [3.05, 3.63) is 35.8 Å². The lowest BCUT2D eigenvalue weighted by molar-refractivity contribution is 1.05. The molecule has 0 aliphatic carbocycles. The lowest BCUT2D eigenvalue weighted by Gasteiger charge is -1.96. The van der Waals surface area contributed by atoms with Crippen LogP contribution in [0.2, 0.25) is 0 Å². The van der Waals surface area contributed by atoms with Crippen molar-refractivity contribution in [1.29, 1.82) is 0 Å². The van der Waals surface area contributed by atoms with E-state index in [0.717, 1.165) is 22.6 Å². The minimum absolute atomic E-state index is 0.996. The maximum Gasteiger partial charge on any atom is 0.0668 e. The lowest BCUT2D eigenvalue weighted by atomic mass is 10.2. The first-order chi connectivity index (χ1) is 6.25. The molecule has 0 bridgehead atoms. The summed E-state index contributed by atoms with van der Waals surface area (Å²) in [6, 6.07) is 6.03. The largest absolute Gasteiger partial charge is 0.278 e. The Morgan fingerprint density at radius 3 is 2.54 bits per heavy atom. The van der Waals surface area contributed by atoms with Crippen LogP contribution in [0, 0.1) is 13.8 Å². The molecule has 13 heavy (non-hydrogen) atoms. The second-order valence-corrected chi connectivity index (χ2v) is 3.11. The number of hydrogen-bond donors (Lipinski definition) is 1. The second-order valence-electron chi connectivity index (χ2n) is 3.11. The number of pyridine rings is 1. The van der Waals surface area contributed by atoms with Crippen LogP contribution < -0.4 is 0 Å². The Kier molecular flexibility index (Phi) is 1.85. The van der Waals surface area contributed by atoms with E-state index in [1.165, 1.54) is 0 Å². The average Bonchev–Trinajstić information content (AvgIpc) is 2.53. The summed E-state index contributed by atoms with van der Waals surface area (Å²) in [5.41, 5.74) is 4.12. The van der Waals surface area contributed by atoms with Gasteiger partial charge in [0.1, 0.15) is 0 Å². The van der Waals surface area contributed by atoms with Crippen molar-refractivity contribution < 1.29 is 0 Å². The highest BCUT2D eigenvalue weighted by Gasteiger charge is 1.99. The van der Waals surface area contributed by atoms with Gasteiger partial charge in [-0.05, 0) is 32.0 Å². The quantitative estimate of drug-likeness (QED) is 0.717. The molecule has 0 aliphatic heterocycles. The standard InChI is InChI=1S/C10H11N3/c1-7-3-4-9(6-11-7)10-5-8(2)12-13-10/h3-6H,1-2H3,(H,12,13). The first kappa shape index (κ1) is 7.98. The molecule has 0 unspecified atom stereocenters. The zero-order valence-corrected chi connectivity index (χ0v) is 7.70. The van der Waals surface area contributed by atoms with Crippen LogP contribution in [-0.2, 0) is 0 Å². The van der Waals surface area contributed by atoms with E-state index >= 15 is 0 Å². The number of nitrogens with zero attached hydrogens (tertiary/aromatic N) is 2. The van der Waals surface area contributed by atoms with E-state index in [-0.39, 0.29) is 0 Å². The number of hydrogen-bond acceptors (Lipinski definition) is 2. The minimum Gasteiger partial charge on any atom is -0.278 e. The van der Waals surface area contributed by atoms with Crippen molar-refractivity contribution in [3.8, 4) is 11.3 Å². The van der Waals surface area contributed by atoms with Gasteiger partial charge in [-0.1, -0.05) is 0 Å². The fourth-order valence-electron chi connectivity index (χ4n) is 1.20. The zero-order valence-electron chi connectivity index (χ0n) is 7.70. The van der Waals surface area contributed by atoms with Crippen molar-refractivity contribution in [2.75, 3.05) is 0 Å². The molecule has 0 spiro atoms. The van der Waals surface area contributed by atoms with E-state index < -0.39 is 0 Å². The molecule has 2 aromatic heterocycles. The Hall–Kier alpha value is -1.64. The summed E-state index contributed by atoms with van der Waals surface area (Å²) in [7, 11) is 0. The maximum absolute atomic E-state index is 4.22. The van der Waals surface area contributed by atoms with Crippen LogP contribution in [0.3, 0.4) is 0 Å². The topological polar surface area (TPSA) is 41.6 Å². The molecule has 0 saturated heterocycles. The van der Waals surface area contributed by atoms with E-state index in [0.29, 0.717) is 0 Å². The molecule has 3 nitrogen and oxygen atoms in total. The van der Waals surface area contributed by atoms with Gasteiger partial charge in [-0.2, -0.15) is 5.10 Å². The molecular formula is C10H11N3. The average molecular weight is 173 g/mol. The third-order valence-electron chi connectivity index (χ3n) is 1.93. The van der Waals surface area contributed by atoms with E-state index in [2.05, 4.69) is 15.2 Å². The van der Waals surface area contributed by atoms with Gasteiger partial charge in [0.25, 0.3) is 0 Å². The molecule has 0 aromatic carbocycles. The lowest BCUT2D eigenvalue weighted by Crippen LogP contribution is -1.82. The molecule has 1 N–H and O–H groups in total. The molecular weight excluding hydrogens is 162 g/mol. The Labute approximate surface area is 76.8 Å². The van der Waals surface area contributed by atoms with Crippen molar-refractivity contribution in [2.24, 2.45) is 0 Å². The van der Waals surface area contributed by atoms with E-state index in [9.17, 15) is 0 Å². The molecule has 0 saturated carbocycles. The van der Waals surface area contributed by atoms with Crippen LogP contribution >= 0.6 is 0 Å². The number of rotatable bonds is 1. The highest BCUT2D eigenvalue weighted by atomic mass is 15.1. The number of H-pyrrole nitrogens is 1. The summed E-state index contributed by atoms with van der Waals surface area (Å²) in [6.45, 7) is 3.93. The Morgan fingerprint density at radius 1 is 1.15 bits per heavy atom. The molecule has 2 aromatic rings. The Morgan fingerprint density at radius 2 is 2.00 bits per heavy atom. The zero-order chi connectivity index (χ0) is 9.26. The van der Waals surface area contributed by atoms with Crippen LogP contribution in [-0.4, -0.2) is 15.2 Å². The van der Waals surface area contributed by atoms with Crippen LogP contribution in [0.15, 0.2) is 24.4 Å². The molecule has 66 valence electrons.